The molecule has 0 radical (unpaired) electrons. The number of rotatable bonds is 3. The molecule has 1 saturated carbocycles. The van der Waals surface area contributed by atoms with Crippen LogP contribution >= 0.6 is 23.2 Å². The second kappa shape index (κ2) is 5.36. The van der Waals surface area contributed by atoms with Crippen molar-refractivity contribution in [3.05, 3.63) is 30.3 Å². The van der Waals surface area contributed by atoms with E-state index in [1.165, 1.54) is 0 Å². The van der Waals surface area contributed by atoms with Crippen LogP contribution in [0.25, 0.3) is 0 Å². The second-order valence-electron chi connectivity index (χ2n) is 6.29. The summed E-state index contributed by atoms with van der Waals surface area (Å²) in [6.45, 7) is 3.40. The van der Waals surface area contributed by atoms with Gasteiger partial charge >= 0.3 is 0 Å². The third-order valence-electron chi connectivity index (χ3n) is 4.66. The van der Waals surface area contributed by atoms with E-state index in [1.54, 1.807) is 0 Å². The van der Waals surface area contributed by atoms with Crippen LogP contribution in [0.15, 0.2) is 30.3 Å². The molecule has 1 unspecified atom stereocenters. The number of anilines is 1. The van der Waals surface area contributed by atoms with Gasteiger partial charge in [-0.15, -0.1) is 23.2 Å². The van der Waals surface area contributed by atoms with Gasteiger partial charge in [-0.3, -0.25) is 4.79 Å². The van der Waals surface area contributed by atoms with Crippen molar-refractivity contribution >= 4 is 34.8 Å². The van der Waals surface area contributed by atoms with Gasteiger partial charge in [0.1, 0.15) is 4.33 Å². The number of hydrogen-bond donors (Lipinski definition) is 1. The fraction of sp³-hybridized carbons (Fsp3) is 0.562. The Hall–Kier alpha value is -0.930. The molecular formula is C16H20Cl2N2O. The maximum Gasteiger partial charge on any atom is 0.231 e. The molecule has 2 aliphatic rings. The lowest BCUT2D eigenvalue weighted by molar-refractivity contribution is -0.137. The molecule has 1 N–H and O–H groups in total. The Labute approximate surface area is 135 Å². The normalized spacial score (nSPS) is 28.2. The first kappa shape index (κ1) is 15.0. The highest BCUT2D eigenvalue weighted by molar-refractivity contribution is 6.53. The Kier molecular flexibility index (Phi) is 3.83. The molecule has 1 atom stereocenters. The molecule has 0 spiro atoms. The Morgan fingerprint density at radius 2 is 1.81 bits per heavy atom. The summed E-state index contributed by atoms with van der Waals surface area (Å²) in [6.07, 6.45) is 2.46. The highest BCUT2D eigenvalue weighted by Gasteiger charge is 2.68. The quantitative estimate of drug-likeness (QED) is 0.859. The second-order valence-corrected chi connectivity index (χ2v) is 7.77. The largest absolute Gasteiger partial charge is 0.382 e. The summed E-state index contributed by atoms with van der Waals surface area (Å²) >= 11 is 12.2. The van der Waals surface area contributed by atoms with E-state index in [0.29, 0.717) is 12.5 Å². The number of alkyl halides is 2. The first-order valence-electron chi connectivity index (χ1n) is 7.41. The summed E-state index contributed by atoms with van der Waals surface area (Å²) in [5.41, 5.74) is 0.549. The number of piperidine rings is 1. The Morgan fingerprint density at radius 1 is 1.24 bits per heavy atom. The molecular weight excluding hydrogens is 307 g/mol. The molecule has 1 heterocycles. The van der Waals surface area contributed by atoms with Crippen LogP contribution in [-0.2, 0) is 4.79 Å². The molecule has 1 aliphatic heterocycles. The van der Waals surface area contributed by atoms with E-state index < -0.39 is 9.75 Å². The number of likely N-dealkylation sites (tertiary alicyclic amines) is 1. The molecule has 1 aliphatic carbocycles. The average Bonchev–Trinajstić information content (AvgIpc) is 3.00. The number of carbonyl (C=O) groups is 1. The van der Waals surface area contributed by atoms with E-state index >= 15 is 0 Å². The lowest BCUT2D eigenvalue weighted by atomic mass is 10.0. The number of benzene rings is 1. The van der Waals surface area contributed by atoms with Crippen molar-refractivity contribution in [2.24, 2.45) is 5.41 Å². The van der Waals surface area contributed by atoms with Gasteiger partial charge < -0.3 is 10.2 Å². The Balaban J connectivity index is 1.53. The first-order valence-corrected chi connectivity index (χ1v) is 8.17. The minimum absolute atomic E-state index is 0.102. The summed E-state index contributed by atoms with van der Waals surface area (Å²) in [5.74, 6) is 0.102. The summed E-state index contributed by atoms with van der Waals surface area (Å²) in [6, 6.07) is 10.6. The predicted octanol–water partition coefficient (Wildman–Crippen LogP) is 3.67. The van der Waals surface area contributed by atoms with Gasteiger partial charge in [-0.25, -0.2) is 0 Å². The van der Waals surface area contributed by atoms with E-state index in [4.69, 9.17) is 23.2 Å². The summed E-state index contributed by atoms with van der Waals surface area (Å²) in [7, 11) is 0. The zero-order valence-corrected chi connectivity index (χ0v) is 13.6. The van der Waals surface area contributed by atoms with Gasteiger partial charge in [0.05, 0.1) is 5.41 Å². The van der Waals surface area contributed by atoms with E-state index in [2.05, 4.69) is 17.4 Å². The molecule has 0 bridgehead atoms. The van der Waals surface area contributed by atoms with Gasteiger partial charge in [0.2, 0.25) is 5.91 Å². The predicted molar refractivity (Wildman–Crippen MR) is 86.8 cm³/mol. The van der Waals surface area contributed by atoms with E-state index in [-0.39, 0.29) is 5.91 Å². The van der Waals surface area contributed by atoms with E-state index in [1.807, 2.05) is 30.0 Å². The molecule has 3 rings (SSSR count). The molecule has 5 heteroatoms. The van der Waals surface area contributed by atoms with Crippen molar-refractivity contribution in [1.82, 2.24) is 4.90 Å². The van der Waals surface area contributed by atoms with Crippen LogP contribution in [0.3, 0.4) is 0 Å². The van der Waals surface area contributed by atoms with Gasteiger partial charge in [-0.2, -0.15) is 0 Å². The zero-order chi connectivity index (χ0) is 15.1. The first-order chi connectivity index (χ1) is 9.92. The maximum atomic E-state index is 12.5. The van der Waals surface area contributed by atoms with Crippen LogP contribution in [0, 0.1) is 5.41 Å². The number of nitrogens with zero attached hydrogens (tertiary/aromatic N) is 1. The minimum Gasteiger partial charge on any atom is -0.382 e. The summed E-state index contributed by atoms with van der Waals surface area (Å²) < 4.78 is -0.872. The molecule has 1 aromatic carbocycles. The standard InChI is InChI=1S/C16H20Cl2N2O/c1-15(11-16(15,17)18)14(21)20-9-7-13(8-10-20)19-12-5-3-2-4-6-12/h2-6,13,19H,7-11H2,1H3. The van der Waals surface area contributed by atoms with Gasteiger partial charge in [0.15, 0.2) is 0 Å². The summed E-state index contributed by atoms with van der Waals surface area (Å²) in [4.78, 5) is 14.4. The number of nitrogens with one attached hydrogen (secondary N) is 1. The van der Waals surface area contributed by atoms with Crippen LogP contribution < -0.4 is 5.32 Å². The molecule has 3 nitrogen and oxygen atoms in total. The lowest BCUT2D eigenvalue weighted by Crippen LogP contribution is -2.45. The minimum atomic E-state index is -0.872. The number of carbonyl (C=O) groups excluding carboxylic acids is 1. The van der Waals surface area contributed by atoms with Crippen molar-refractivity contribution in [2.45, 2.75) is 36.6 Å². The number of halogens is 2. The molecule has 1 aromatic rings. The van der Waals surface area contributed by atoms with Crippen LogP contribution in [-0.4, -0.2) is 34.3 Å². The molecule has 0 aromatic heterocycles. The molecule has 1 amide bonds. The van der Waals surface area contributed by atoms with Crippen LogP contribution in [0.4, 0.5) is 5.69 Å². The number of amides is 1. The SMILES string of the molecule is CC1(C(=O)N2CCC(Nc3ccccc3)CC2)CC1(Cl)Cl. The third-order valence-corrected chi connectivity index (χ3v) is 5.76. The molecule has 114 valence electrons. The van der Waals surface area contributed by atoms with Crippen LogP contribution in [0.5, 0.6) is 0 Å². The smallest absolute Gasteiger partial charge is 0.231 e. The van der Waals surface area contributed by atoms with E-state index in [0.717, 1.165) is 31.6 Å². The fourth-order valence-corrected chi connectivity index (χ4v) is 3.67. The monoisotopic (exact) mass is 326 g/mol. The fourth-order valence-electron chi connectivity index (χ4n) is 2.98. The number of hydrogen-bond acceptors (Lipinski definition) is 2. The molecule has 21 heavy (non-hydrogen) atoms. The Bertz CT molecular complexity index is 526. The highest BCUT2D eigenvalue weighted by atomic mass is 35.5. The maximum absolute atomic E-state index is 12.5. The average molecular weight is 327 g/mol. The van der Waals surface area contributed by atoms with Crippen molar-refractivity contribution in [2.75, 3.05) is 18.4 Å². The van der Waals surface area contributed by atoms with Crippen molar-refractivity contribution < 1.29 is 4.79 Å². The van der Waals surface area contributed by atoms with Crippen molar-refractivity contribution in [3.63, 3.8) is 0 Å². The zero-order valence-electron chi connectivity index (χ0n) is 12.1. The van der Waals surface area contributed by atoms with E-state index in [9.17, 15) is 4.79 Å². The van der Waals surface area contributed by atoms with Gasteiger partial charge in [-0.1, -0.05) is 18.2 Å². The third kappa shape index (κ3) is 2.86. The Morgan fingerprint density at radius 3 is 2.33 bits per heavy atom. The van der Waals surface area contributed by atoms with Crippen molar-refractivity contribution in [1.29, 1.82) is 0 Å². The molecule has 2 fully saturated rings. The topological polar surface area (TPSA) is 32.3 Å². The van der Waals surface area contributed by atoms with Crippen LogP contribution in [0.1, 0.15) is 26.2 Å². The van der Waals surface area contributed by atoms with Crippen LogP contribution in [0.2, 0.25) is 0 Å². The summed E-state index contributed by atoms with van der Waals surface area (Å²) in [5, 5.41) is 3.52. The van der Waals surface area contributed by atoms with Gasteiger partial charge in [0, 0.05) is 24.8 Å². The lowest BCUT2D eigenvalue weighted by Gasteiger charge is -2.34. The van der Waals surface area contributed by atoms with Crippen molar-refractivity contribution in [3.8, 4) is 0 Å². The molecule has 1 saturated heterocycles. The van der Waals surface area contributed by atoms with Gasteiger partial charge in [-0.05, 0) is 38.3 Å². The highest BCUT2D eigenvalue weighted by Crippen LogP contribution is 2.64. The number of para-hydroxylation sites is 1. The van der Waals surface area contributed by atoms with Gasteiger partial charge in [0.25, 0.3) is 0 Å².